The molecule has 3 N–H and O–H groups in total. The standard InChI is InChI=1S/C10H17N3O3/c1-2-12-9(15)10(16)13-8(14)7-3-5-11-6-4-7/h7,11H,2-6H2,1H3,(H,12,15)(H,13,14,16). The van der Waals surface area contributed by atoms with Gasteiger partial charge in [-0.2, -0.15) is 0 Å². The van der Waals surface area contributed by atoms with Crippen LogP contribution in [0.15, 0.2) is 0 Å². The highest BCUT2D eigenvalue weighted by Crippen LogP contribution is 2.10. The van der Waals surface area contributed by atoms with Gasteiger partial charge < -0.3 is 10.6 Å². The predicted octanol–water partition coefficient (Wildman–Crippen LogP) is -1.24. The van der Waals surface area contributed by atoms with Crippen LogP contribution in [0.25, 0.3) is 0 Å². The van der Waals surface area contributed by atoms with E-state index >= 15 is 0 Å². The lowest BCUT2D eigenvalue weighted by Gasteiger charge is -2.21. The smallest absolute Gasteiger partial charge is 0.315 e. The Kier molecular flexibility index (Phi) is 4.91. The van der Waals surface area contributed by atoms with E-state index in [0.29, 0.717) is 19.4 Å². The van der Waals surface area contributed by atoms with E-state index in [2.05, 4.69) is 16.0 Å². The Morgan fingerprint density at radius 3 is 2.38 bits per heavy atom. The van der Waals surface area contributed by atoms with Crippen LogP contribution in [-0.4, -0.2) is 37.4 Å². The minimum absolute atomic E-state index is 0.167. The highest BCUT2D eigenvalue weighted by Gasteiger charge is 2.24. The van der Waals surface area contributed by atoms with Crippen LogP contribution >= 0.6 is 0 Å². The molecule has 0 saturated carbocycles. The Bertz CT molecular complexity index is 285. The van der Waals surface area contributed by atoms with E-state index in [-0.39, 0.29) is 11.8 Å². The number of piperidine rings is 1. The van der Waals surface area contributed by atoms with E-state index < -0.39 is 11.8 Å². The molecular weight excluding hydrogens is 210 g/mol. The first-order chi connectivity index (χ1) is 7.65. The molecular formula is C10H17N3O3. The summed E-state index contributed by atoms with van der Waals surface area (Å²) < 4.78 is 0. The number of likely N-dealkylation sites (N-methyl/N-ethyl adjacent to an activating group) is 1. The Morgan fingerprint density at radius 1 is 1.19 bits per heavy atom. The Morgan fingerprint density at radius 2 is 1.81 bits per heavy atom. The van der Waals surface area contributed by atoms with Gasteiger partial charge in [0.15, 0.2) is 0 Å². The van der Waals surface area contributed by atoms with Gasteiger partial charge in [0.05, 0.1) is 0 Å². The molecule has 1 fully saturated rings. The van der Waals surface area contributed by atoms with Gasteiger partial charge in [0.2, 0.25) is 5.91 Å². The Balaban J connectivity index is 2.37. The molecule has 1 heterocycles. The van der Waals surface area contributed by atoms with Crippen molar-refractivity contribution < 1.29 is 14.4 Å². The number of hydrogen-bond donors (Lipinski definition) is 3. The molecule has 90 valence electrons. The monoisotopic (exact) mass is 227 g/mol. The molecule has 0 unspecified atom stereocenters. The van der Waals surface area contributed by atoms with Crippen LogP contribution in [0.5, 0.6) is 0 Å². The van der Waals surface area contributed by atoms with Crippen molar-refractivity contribution in [3.63, 3.8) is 0 Å². The maximum absolute atomic E-state index is 11.6. The number of nitrogens with one attached hydrogen (secondary N) is 3. The molecule has 0 bridgehead atoms. The fraction of sp³-hybridized carbons (Fsp3) is 0.700. The third-order valence-corrected chi connectivity index (χ3v) is 2.49. The zero-order valence-corrected chi connectivity index (χ0v) is 9.34. The molecule has 0 aromatic heterocycles. The summed E-state index contributed by atoms with van der Waals surface area (Å²) in [6.45, 7) is 3.62. The SMILES string of the molecule is CCNC(=O)C(=O)NC(=O)C1CCNCC1. The highest BCUT2D eigenvalue weighted by molar-refractivity contribution is 6.37. The fourth-order valence-electron chi connectivity index (χ4n) is 1.60. The summed E-state index contributed by atoms with van der Waals surface area (Å²) in [7, 11) is 0. The van der Waals surface area contributed by atoms with Crippen LogP contribution in [0.3, 0.4) is 0 Å². The fourth-order valence-corrected chi connectivity index (χ4v) is 1.60. The van der Waals surface area contributed by atoms with E-state index in [1.807, 2.05) is 0 Å². The van der Waals surface area contributed by atoms with Gasteiger partial charge in [0.25, 0.3) is 0 Å². The van der Waals surface area contributed by atoms with Crippen LogP contribution < -0.4 is 16.0 Å². The van der Waals surface area contributed by atoms with Gasteiger partial charge in [0.1, 0.15) is 0 Å². The van der Waals surface area contributed by atoms with Gasteiger partial charge in [-0.05, 0) is 32.9 Å². The number of amides is 3. The second-order valence-corrected chi connectivity index (χ2v) is 3.70. The number of hydrogen-bond acceptors (Lipinski definition) is 4. The zero-order chi connectivity index (χ0) is 12.0. The van der Waals surface area contributed by atoms with Crippen LogP contribution in [0, 0.1) is 5.92 Å². The maximum atomic E-state index is 11.6. The number of carbonyl (C=O) groups excluding carboxylic acids is 3. The van der Waals surface area contributed by atoms with Crippen molar-refractivity contribution in [1.29, 1.82) is 0 Å². The summed E-state index contributed by atoms with van der Waals surface area (Å²) >= 11 is 0. The molecule has 16 heavy (non-hydrogen) atoms. The molecule has 1 aliphatic rings. The van der Waals surface area contributed by atoms with Gasteiger partial charge in [-0.3, -0.25) is 19.7 Å². The van der Waals surface area contributed by atoms with Crippen molar-refractivity contribution in [2.45, 2.75) is 19.8 Å². The minimum Gasteiger partial charge on any atom is -0.348 e. The first-order valence-corrected chi connectivity index (χ1v) is 5.49. The van der Waals surface area contributed by atoms with Crippen LogP contribution in [0.4, 0.5) is 0 Å². The van der Waals surface area contributed by atoms with Crippen molar-refractivity contribution in [3.8, 4) is 0 Å². The molecule has 6 nitrogen and oxygen atoms in total. The maximum Gasteiger partial charge on any atom is 0.315 e. The molecule has 1 aliphatic heterocycles. The molecule has 1 saturated heterocycles. The molecule has 6 heteroatoms. The zero-order valence-electron chi connectivity index (χ0n) is 9.34. The lowest BCUT2D eigenvalue weighted by Crippen LogP contribution is -2.46. The molecule has 3 amide bonds. The van der Waals surface area contributed by atoms with E-state index in [0.717, 1.165) is 13.1 Å². The topological polar surface area (TPSA) is 87.3 Å². The summed E-state index contributed by atoms with van der Waals surface area (Å²) in [6, 6.07) is 0. The third kappa shape index (κ3) is 3.62. The summed E-state index contributed by atoms with van der Waals surface area (Å²) in [6.07, 6.45) is 1.41. The summed E-state index contributed by atoms with van der Waals surface area (Å²) in [5.41, 5.74) is 0. The second-order valence-electron chi connectivity index (χ2n) is 3.70. The minimum atomic E-state index is -0.870. The average molecular weight is 227 g/mol. The summed E-state index contributed by atoms with van der Waals surface area (Å²) in [5, 5.41) is 7.58. The molecule has 0 aromatic carbocycles. The molecule has 0 aliphatic carbocycles. The van der Waals surface area contributed by atoms with Crippen LogP contribution in [0.2, 0.25) is 0 Å². The lowest BCUT2D eigenvalue weighted by atomic mass is 9.97. The Hall–Kier alpha value is -1.43. The molecule has 0 radical (unpaired) electrons. The van der Waals surface area contributed by atoms with Crippen molar-refractivity contribution in [2.24, 2.45) is 5.92 Å². The van der Waals surface area contributed by atoms with Gasteiger partial charge in [0, 0.05) is 12.5 Å². The van der Waals surface area contributed by atoms with Gasteiger partial charge >= 0.3 is 11.8 Å². The van der Waals surface area contributed by atoms with E-state index in [9.17, 15) is 14.4 Å². The van der Waals surface area contributed by atoms with Gasteiger partial charge in [-0.1, -0.05) is 0 Å². The number of imide groups is 1. The van der Waals surface area contributed by atoms with Crippen molar-refractivity contribution in [2.75, 3.05) is 19.6 Å². The van der Waals surface area contributed by atoms with Crippen LogP contribution in [-0.2, 0) is 14.4 Å². The largest absolute Gasteiger partial charge is 0.348 e. The summed E-state index contributed by atoms with van der Waals surface area (Å²) in [5.74, 6) is -2.15. The van der Waals surface area contributed by atoms with Gasteiger partial charge in [-0.15, -0.1) is 0 Å². The number of rotatable bonds is 2. The van der Waals surface area contributed by atoms with E-state index in [4.69, 9.17) is 0 Å². The Labute approximate surface area is 94.2 Å². The first-order valence-electron chi connectivity index (χ1n) is 5.49. The normalized spacial score (nSPS) is 16.6. The average Bonchev–Trinajstić information content (AvgIpc) is 2.30. The quantitative estimate of drug-likeness (QED) is 0.515. The van der Waals surface area contributed by atoms with Gasteiger partial charge in [-0.25, -0.2) is 0 Å². The van der Waals surface area contributed by atoms with Crippen LogP contribution in [0.1, 0.15) is 19.8 Å². The van der Waals surface area contributed by atoms with Crippen molar-refractivity contribution >= 4 is 17.7 Å². The van der Waals surface area contributed by atoms with E-state index in [1.54, 1.807) is 6.92 Å². The number of carbonyl (C=O) groups is 3. The molecule has 0 aromatic rings. The first kappa shape index (κ1) is 12.6. The molecule has 1 rings (SSSR count). The molecule has 0 spiro atoms. The predicted molar refractivity (Wildman–Crippen MR) is 57.4 cm³/mol. The highest BCUT2D eigenvalue weighted by atomic mass is 16.2. The van der Waals surface area contributed by atoms with Crippen molar-refractivity contribution in [3.05, 3.63) is 0 Å². The van der Waals surface area contributed by atoms with Crippen molar-refractivity contribution in [1.82, 2.24) is 16.0 Å². The summed E-state index contributed by atoms with van der Waals surface area (Å²) in [4.78, 5) is 33.9. The lowest BCUT2D eigenvalue weighted by molar-refractivity contribution is -0.143. The second kappa shape index (κ2) is 6.22. The third-order valence-electron chi connectivity index (χ3n) is 2.49. The van der Waals surface area contributed by atoms with E-state index in [1.165, 1.54) is 0 Å². The molecule has 0 atom stereocenters.